The van der Waals surface area contributed by atoms with Crippen LogP contribution in [0.1, 0.15) is 34.2 Å². The first-order valence-electron chi connectivity index (χ1n) is 11.8. The molecule has 0 spiro atoms. The van der Waals surface area contributed by atoms with Gasteiger partial charge in [0.05, 0.1) is 27.8 Å². The van der Waals surface area contributed by atoms with Gasteiger partial charge < -0.3 is 25.1 Å². The second-order valence-corrected chi connectivity index (χ2v) is 8.05. The topological polar surface area (TPSA) is 110 Å². The molecule has 180 valence electrons. The van der Waals surface area contributed by atoms with Crippen molar-refractivity contribution < 1.29 is 26.9 Å². The van der Waals surface area contributed by atoms with Crippen molar-refractivity contribution in [2.45, 2.75) is 32.5 Å². The average molecular weight is 479 g/mol. The molecule has 1 aliphatic rings. The standard InChI is InChI=1S/C22H23F3N6O3/c1-4-31-8-5-15-17(19(31)33)14(11-30(15)3)28-13-9-16(27-10-12(13)18(32)26-2)29-20(34)21(6-7-21)22(23,24)25/h5,8-11H,4,6-7H2,1-3H3,(H,26,32)(H2,27,28,29,34)/i2D3. The van der Waals surface area contributed by atoms with Crippen LogP contribution in [0.25, 0.3) is 10.9 Å². The van der Waals surface area contributed by atoms with Crippen molar-refractivity contribution in [2.75, 3.05) is 17.6 Å². The monoisotopic (exact) mass is 479 g/mol. The Morgan fingerprint density at radius 2 is 2.03 bits per heavy atom. The molecule has 1 fully saturated rings. The van der Waals surface area contributed by atoms with E-state index in [-0.39, 0.29) is 46.5 Å². The van der Waals surface area contributed by atoms with Gasteiger partial charge in [0.15, 0.2) is 0 Å². The van der Waals surface area contributed by atoms with Crippen molar-refractivity contribution in [1.29, 1.82) is 0 Å². The number of anilines is 3. The fourth-order valence-corrected chi connectivity index (χ4v) is 3.80. The van der Waals surface area contributed by atoms with E-state index < -0.39 is 30.4 Å². The minimum Gasteiger partial charge on any atom is -0.355 e. The fraction of sp³-hybridized carbons (Fsp3) is 0.364. The van der Waals surface area contributed by atoms with E-state index in [1.165, 1.54) is 4.57 Å². The molecule has 12 heteroatoms. The summed E-state index contributed by atoms with van der Waals surface area (Å²) in [6.07, 6.45) is -1.32. The molecule has 4 rings (SSSR count). The van der Waals surface area contributed by atoms with E-state index in [9.17, 15) is 27.6 Å². The minimum absolute atomic E-state index is 0.0808. The van der Waals surface area contributed by atoms with E-state index in [0.29, 0.717) is 12.1 Å². The van der Waals surface area contributed by atoms with Crippen molar-refractivity contribution in [3.05, 3.63) is 46.6 Å². The normalized spacial score (nSPS) is 16.3. The first-order valence-corrected chi connectivity index (χ1v) is 10.3. The molecule has 34 heavy (non-hydrogen) atoms. The van der Waals surface area contributed by atoms with Gasteiger partial charge in [-0.25, -0.2) is 4.98 Å². The maximum absolute atomic E-state index is 13.4. The Morgan fingerprint density at radius 1 is 1.29 bits per heavy atom. The van der Waals surface area contributed by atoms with Gasteiger partial charge in [-0.3, -0.25) is 14.4 Å². The molecule has 0 bridgehead atoms. The van der Waals surface area contributed by atoms with Crippen LogP contribution in [-0.2, 0) is 18.4 Å². The number of pyridine rings is 2. The summed E-state index contributed by atoms with van der Waals surface area (Å²) in [5.41, 5.74) is -2.36. The molecule has 1 aliphatic carbocycles. The lowest BCUT2D eigenvalue weighted by Crippen LogP contribution is -2.37. The van der Waals surface area contributed by atoms with Crippen LogP contribution < -0.4 is 21.5 Å². The van der Waals surface area contributed by atoms with Gasteiger partial charge in [0, 0.05) is 49.3 Å². The Kier molecular flexibility index (Phi) is 4.73. The van der Waals surface area contributed by atoms with Crippen molar-refractivity contribution in [3.63, 3.8) is 0 Å². The third kappa shape index (κ3) is 3.78. The van der Waals surface area contributed by atoms with Crippen molar-refractivity contribution in [2.24, 2.45) is 12.5 Å². The highest BCUT2D eigenvalue weighted by molar-refractivity contribution is 6.03. The molecule has 0 aliphatic heterocycles. The molecule has 0 unspecified atom stereocenters. The lowest BCUT2D eigenvalue weighted by molar-refractivity contribution is -0.189. The van der Waals surface area contributed by atoms with Crippen LogP contribution in [0.2, 0.25) is 0 Å². The van der Waals surface area contributed by atoms with Crippen LogP contribution in [0.15, 0.2) is 35.5 Å². The predicted molar refractivity (Wildman–Crippen MR) is 120 cm³/mol. The number of hydrogen-bond acceptors (Lipinski definition) is 5. The van der Waals surface area contributed by atoms with Gasteiger partial charge in [0.25, 0.3) is 11.5 Å². The number of nitrogens with zero attached hydrogens (tertiary/aromatic N) is 3. The smallest absolute Gasteiger partial charge is 0.355 e. The molecule has 3 aromatic heterocycles. The molecule has 0 saturated heterocycles. The molecule has 9 nitrogen and oxygen atoms in total. The Hall–Kier alpha value is -3.83. The Morgan fingerprint density at radius 3 is 2.65 bits per heavy atom. The van der Waals surface area contributed by atoms with E-state index >= 15 is 0 Å². The number of nitrogens with one attached hydrogen (secondary N) is 3. The number of carbonyl (C=O) groups is 2. The van der Waals surface area contributed by atoms with Gasteiger partial charge in [0.1, 0.15) is 11.2 Å². The quantitative estimate of drug-likeness (QED) is 0.503. The molecule has 3 heterocycles. The molecule has 0 radical (unpaired) electrons. The van der Waals surface area contributed by atoms with Crippen LogP contribution in [0, 0.1) is 5.41 Å². The lowest BCUT2D eigenvalue weighted by Gasteiger charge is -2.19. The summed E-state index contributed by atoms with van der Waals surface area (Å²) in [6, 6.07) is 2.83. The van der Waals surface area contributed by atoms with Gasteiger partial charge >= 0.3 is 6.18 Å². The number of amides is 2. The first-order chi connectivity index (χ1) is 17.2. The van der Waals surface area contributed by atoms with Gasteiger partial charge in [-0.2, -0.15) is 13.2 Å². The Labute approximate surface area is 196 Å². The second-order valence-electron chi connectivity index (χ2n) is 8.05. The van der Waals surface area contributed by atoms with Crippen LogP contribution in [0.4, 0.5) is 30.4 Å². The molecule has 3 aromatic rings. The summed E-state index contributed by atoms with van der Waals surface area (Å²) in [5.74, 6) is -2.62. The van der Waals surface area contributed by atoms with E-state index in [1.807, 2.05) is 5.32 Å². The Balaban J connectivity index is 1.77. The minimum atomic E-state index is -4.74. The average Bonchev–Trinajstić information content (AvgIpc) is 3.54. The fourth-order valence-electron chi connectivity index (χ4n) is 3.80. The van der Waals surface area contributed by atoms with Gasteiger partial charge in [-0.05, 0) is 25.8 Å². The highest BCUT2D eigenvalue weighted by Crippen LogP contribution is 2.58. The second kappa shape index (κ2) is 8.19. The maximum atomic E-state index is 13.4. The molecular weight excluding hydrogens is 453 g/mol. The van der Waals surface area contributed by atoms with Crippen molar-refractivity contribution in [1.82, 2.24) is 19.4 Å². The number of rotatable bonds is 6. The highest BCUT2D eigenvalue weighted by atomic mass is 19.4. The van der Waals surface area contributed by atoms with Crippen LogP contribution in [-0.4, -0.2) is 39.1 Å². The Bertz CT molecular complexity index is 1460. The first kappa shape index (κ1) is 19.6. The van der Waals surface area contributed by atoms with Crippen LogP contribution in [0.5, 0.6) is 0 Å². The van der Waals surface area contributed by atoms with E-state index in [1.54, 1.807) is 37.0 Å². The number of carbonyl (C=O) groups excluding carboxylic acids is 2. The zero-order chi connectivity index (χ0) is 27.3. The summed E-state index contributed by atoms with van der Waals surface area (Å²) >= 11 is 0. The molecular formula is C22H23F3N6O3. The third-order valence-electron chi connectivity index (χ3n) is 5.96. The SMILES string of the molecule is [2H]C([2H])([2H])NC(=O)c1cnc(NC(=O)C2(C(F)(F)F)CC2)cc1Nc1cn(C)c2ccn(CC)c(=O)c12. The van der Waals surface area contributed by atoms with Crippen molar-refractivity contribution in [3.8, 4) is 0 Å². The van der Waals surface area contributed by atoms with Gasteiger partial charge in [-0.1, -0.05) is 0 Å². The molecule has 2 amide bonds. The number of alkyl halides is 3. The number of fused-ring (bicyclic) bond motifs is 1. The van der Waals surface area contributed by atoms with Gasteiger partial charge in [0.2, 0.25) is 5.91 Å². The number of hydrogen-bond donors (Lipinski definition) is 3. The zero-order valence-corrected chi connectivity index (χ0v) is 18.2. The lowest BCUT2D eigenvalue weighted by atomic mass is 10.1. The molecule has 0 atom stereocenters. The largest absolute Gasteiger partial charge is 0.403 e. The summed E-state index contributed by atoms with van der Waals surface area (Å²) in [5, 5.41) is 7.13. The number of halogens is 3. The molecule has 1 saturated carbocycles. The maximum Gasteiger partial charge on any atom is 0.403 e. The zero-order valence-electron chi connectivity index (χ0n) is 21.2. The summed E-state index contributed by atoms with van der Waals surface area (Å²) < 4.78 is 65.1. The van der Waals surface area contributed by atoms with E-state index in [0.717, 1.165) is 12.3 Å². The third-order valence-corrected chi connectivity index (χ3v) is 5.96. The predicted octanol–water partition coefficient (Wildman–Crippen LogP) is 3.14. The van der Waals surface area contributed by atoms with E-state index in [2.05, 4.69) is 15.6 Å². The summed E-state index contributed by atoms with van der Waals surface area (Å²) in [6.45, 7) is -0.658. The highest BCUT2D eigenvalue weighted by Gasteiger charge is 2.68. The summed E-state index contributed by atoms with van der Waals surface area (Å²) in [4.78, 5) is 42.0. The number of aryl methyl sites for hydroxylation is 2. The van der Waals surface area contributed by atoms with Crippen LogP contribution in [0.3, 0.4) is 0 Å². The van der Waals surface area contributed by atoms with Gasteiger partial charge in [-0.15, -0.1) is 0 Å². The van der Waals surface area contributed by atoms with Crippen molar-refractivity contribution >= 4 is 39.9 Å². The van der Waals surface area contributed by atoms with E-state index in [4.69, 9.17) is 4.11 Å². The molecule has 3 N–H and O–H groups in total. The summed E-state index contributed by atoms with van der Waals surface area (Å²) in [7, 11) is 1.69. The number of aromatic nitrogens is 3. The molecule has 0 aromatic carbocycles. The van der Waals surface area contributed by atoms with Crippen LogP contribution >= 0.6 is 0 Å².